The van der Waals surface area contributed by atoms with Crippen molar-refractivity contribution in [2.24, 2.45) is 0 Å². The molecule has 1 amide bonds. The van der Waals surface area contributed by atoms with Crippen molar-refractivity contribution in [2.75, 3.05) is 5.32 Å². The van der Waals surface area contributed by atoms with Crippen molar-refractivity contribution >= 4 is 23.2 Å². The van der Waals surface area contributed by atoms with Gasteiger partial charge in [-0.2, -0.15) is 0 Å². The fourth-order valence-corrected chi connectivity index (χ4v) is 1.85. The molecule has 0 aromatic heterocycles. The molecule has 20 heavy (non-hydrogen) atoms. The molecule has 0 aliphatic rings. The summed E-state index contributed by atoms with van der Waals surface area (Å²) < 4.78 is 5.56. The summed E-state index contributed by atoms with van der Waals surface area (Å²) in [5, 5.41) is 3.29. The van der Waals surface area contributed by atoms with Gasteiger partial charge in [0, 0.05) is 5.69 Å². The number of carbonyl (C=O) groups excluding carboxylic acids is 1. The van der Waals surface area contributed by atoms with Gasteiger partial charge in [0.25, 0.3) is 5.91 Å². The number of hydrogen-bond donors (Lipinski definition) is 1. The fourth-order valence-electron chi connectivity index (χ4n) is 1.67. The number of nitrogens with one attached hydrogen (secondary N) is 1. The minimum absolute atomic E-state index is 0.214. The van der Waals surface area contributed by atoms with Crippen LogP contribution < -0.4 is 10.1 Å². The van der Waals surface area contributed by atoms with Gasteiger partial charge < -0.3 is 10.1 Å². The molecule has 104 valence electrons. The molecule has 2 aromatic carbocycles. The third kappa shape index (κ3) is 3.75. The lowest BCUT2D eigenvalue weighted by Crippen LogP contribution is -2.30. The normalized spacial score (nSPS) is 11.8. The van der Waals surface area contributed by atoms with Crippen molar-refractivity contribution in [2.45, 2.75) is 20.0 Å². The summed E-state index contributed by atoms with van der Waals surface area (Å²) in [6.45, 7) is 3.68. The number of ether oxygens (including phenoxy) is 1. The van der Waals surface area contributed by atoms with Gasteiger partial charge in [-0.15, -0.1) is 0 Å². The van der Waals surface area contributed by atoms with Gasteiger partial charge in [-0.25, -0.2) is 0 Å². The number of carbonyl (C=O) groups is 1. The maximum absolute atomic E-state index is 12.0. The van der Waals surface area contributed by atoms with Crippen LogP contribution in [0.25, 0.3) is 0 Å². The Morgan fingerprint density at radius 1 is 1.15 bits per heavy atom. The van der Waals surface area contributed by atoms with Gasteiger partial charge in [-0.1, -0.05) is 41.4 Å². The summed E-state index contributed by atoms with van der Waals surface area (Å²) in [6, 6.07) is 14.7. The number of hydrogen-bond acceptors (Lipinski definition) is 2. The number of rotatable bonds is 4. The van der Waals surface area contributed by atoms with Gasteiger partial charge in [0.1, 0.15) is 5.75 Å². The van der Waals surface area contributed by atoms with Crippen LogP contribution >= 0.6 is 11.6 Å². The van der Waals surface area contributed by atoms with Crippen molar-refractivity contribution in [1.29, 1.82) is 0 Å². The van der Waals surface area contributed by atoms with Crippen molar-refractivity contribution < 1.29 is 9.53 Å². The second kappa shape index (κ2) is 6.44. The van der Waals surface area contributed by atoms with E-state index in [0.29, 0.717) is 10.8 Å². The molecule has 0 saturated carbocycles. The predicted octanol–water partition coefficient (Wildman–Crippen LogP) is 4.05. The van der Waals surface area contributed by atoms with Crippen LogP contribution in [-0.2, 0) is 4.79 Å². The fraction of sp³-hybridized carbons (Fsp3) is 0.188. The van der Waals surface area contributed by atoms with Gasteiger partial charge in [-0.05, 0) is 38.1 Å². The predicted molar refractivity (Wildman–Crippen MR) is 81.4 cm³/mol. The van der Waals surface area contributed by atoms with Gasteiger partial charge in [-0.3, -0.25) is 4.79 Å². The molecule has 0 fully saturated rings. The number of para-hydroxylation sites is 1. The first-order chi connectivity index (χ1) is 9.56. The van der Waals surface area contributed by atoms with E-state index in [0.717, 1.165) is 11.3 Å². The van der Waals surface area contributed by atoms with E-state index in [-0.39, 0.29) is 5.91 Å². The molecule has 1 atom stereocenters. The number of halogens is 1. The molecule has 1 unspecified atom stereocenters. The zero-order valence-corrected chi connectivity index (χ0v) is 12.1. The standard InChI is InChI=1S/C16H16ClNO2/c1-11-7-9-13(10-8-11)18-16(19)12(2)20-15-6-4-3-5-14(15)17/h3-10,12H,1-2H3,(H,18,19). The van der Waals surface area contributed by atoms with E-state index < -0.39 is 6.10 Å². The van der Waals surface area contributed by atoms with E-state index >= 15 is 0 Å². The highest BCUT2D eigenvalue weighted by molar-refractivity contribution is 6.32. The van der Waals surface area contributed by atoms with Gasteiger partial charge in [0.05, 0.1) is 5.02 Å². The maximum atomic E-state index is 12.0. The van der Waals surface area contributed by atoms with Gasteiger partial charge in [0.15, 0.2) is 6.10 Å². The highest BCUT2D eigenvalue weighted by Crippen LogP contribution is 2.24. The summed E-state index contributed by atoms with van der Waals surface area (Å²) in [4.78, 5) is 12.0. The van der Waals surface area contributed by atoms with Gasteiger partial charge >= 0.3 is 0 Å². The zero-order valence-electron chi connectivity index (χ0n) is 11.4. The van der Waals surface area contributed by atoms with E-state index in [1.54, 1.807) is 19.1 Å². The maximum Gasteiger partial charge on any atom is 0.265 e. The Bertz CT molecular complexity index is 596. The van der Waals surface area contributed by atoms with Crippen molar-refractivity contribution in [1.82, 2.24) is 0 Å². The number of amides is 1. The second-order valence-electron chi connectivity index (χ2n) is 4.55. The topological polar surface area (TPSA) is 38.3 Å². The first kappa shape index (κ1) is 14.4. The molecule has 0 saturated heterocycles. The van der Waals surface area contributed by atoms with Crippen LogP contribution in [-0.4, -0.2) is 12.0 Å². The molecule has 0 radical (unpaired) electrons. The third-order valence-electron chi connectivity index (χ3n) is 2.83. The van der Waals surface area contributed by atoms with E-state index in [4.69, 9.17) is 16.3 Å². The summed E-state index contributed by atoms with van der Waals surface area (Å²) >= 11 is 5.99. The largest absolute Gasteiger partial charge is 0.479 e. The minimum atomic E-state index is -0.629. The molecule has 0 aliphatic heterocycles. The smallest absolute Gasteiger partial charge is 0.265 e. The lowest BCUT2D eigenvalue weighted by Gasteiger charge is -2.15. The van der Waals surface area contributed by atoms with Crippen LogP contribution in [0.2, 0.25) is 5.02 Å². The molecule has 4 heteroatoms. The summed E-state index contributed by atoms with van der Waals surface area (Å²) in [6.07, 6.45) is -0.629. The molecule has 0 bridgehead atoms. The number of benzene rings is 2. The first-order valence-corrected chi connectivity index (χ1v) is 6.73. The lowest BCUT2D eigenvalue weighted by molar-refractivity contribution is -0.122. The van der Waals surface area contributed by atoms with Crippen molar-refractivity contribution in [3.63, 3.8) is 0 Å². The van der Waals surface area contributed by atoms with Crippen LogP contribution in [0.4, 0.5) is 5.69 Å². The molecule has 2 aromatic rings. The van der Waals surface area contributed by atoms with E-state index in [2.05, 4.69) is 5.32 Å². The van der Waals surface area contributed by atoms with Crippen LogP contribution in [0, 0.1) is 6.92 Å². The molecule has 1 N–H and O–H groups in total. The highest BCUT2D eigenvalue weighted by atomic mass is 35.5. The Labute approximate surface area is 123 Å². The third-order valence-corrected chi connectivity index (χ3v) is 3.14. The Kier molecular flexibility index (Phi) is 4.64. The van der Waals surface area contributed by atoms with E-state index in [1.807, 2.05) is 43.3 Å². The van der Waals surface area contributed by atoms with E-state index in [1.165, 1.54) is 0 Å². The monoisotopic (exact) mass is 289 g/mol. The second-order valence-corrected chi connectivity index (χ2v) is 4.95. The summed E-state index contributed by atoms with van der Waals surface area (Å²) in [7, 11) is 0. The lowest BCUT2D eigenvalue weighted by atomic mass is 10.2. The molecule has 2 rings (SSSR count). The average Bonchev–Trinajstić information content (AvgIpc) is 2.44. The highest BCUT2D eigenvalue weighted by Gasteiger charge is 2.15. The van der Waals surface area contributed by atoms with Crippen LogP contribution in [0.1, 0.15) is 12.5 Å². The molecular formula is C16H16ClNO2. The molecular weight excluding hydrogens is 274 g/mol. The minimum Gasteiger partial charge on any atom is -0.479 e. The quantitative estimate of drug-likeness (QED) is 0.922. The van der Waals surface area contributed by atoms with Crippen LogP contribution in [0.3, 0.4) is 0 Å². The molecule has 0 heterocycles. The Morgan fingerprint density at radius 3 is 2.45 bits per heavy atom. The number of anilines is 1. The zero-order chi connectivity index (χ0) is 14.5. The Morgan fingerprint density at radius 2 is 1.80 bits per heavy atom. The molecule has 3 nitrogen and oxygen atoms in total. The van der Waals surface area contributed by atoms with E-state index in [9.17, 15) is 4.79 Å². The molecule has 0 aliphatic carbocycles. The van der Waals surface area contributed by atoms with Gasteiger partial charge in [0.2, 0.25) is 0 Å². The number of aryl methyl sites for hydroxylation is 1. The Balaban J connectivity index is 1.99. The SMILES string of the molecule is Cc1ccc(NC(=O)C(C)Oc2ccccc2Cl)cc1. The molecule has 0 spiro atoms. The first-order valence-electron chi connectivity index (χ1n) is 6.35. The van der Waals surface area contributed by atoms with Crippen LogP contribution in [0.15, 0.2) is 48.5 Å². The van der Waals surface area contributed by atoms with Crippen molar-refractivity contribution in [3.05, 3.63) is 59.1 Å². The van der Waals surface area contributed by atoms with Crippen LogP contribution in [0.5, 0.6) is 5.75 Å². The Hall–Kier alpha value is -2.00. The summed E-state index contributed by atoms with van der Waals surface area (Å²) in [5.74, 6) is 0.287. The summed E-state index contributed by atoms with van der Waals surface area (Å²) in [5.41, 5.74) is 1.89. The average molecular weight is 290 g/mol. The van der Waals surface area contributed by atoms with Crippen molar-refractivity contribution in [3.8, 4) is 5.75 Å².